The summed E-state index contributed by atoms with van der Waals surface area (Å²) in [4.78, 5) is 30.2. The number of carbonyl (C=O) groups is 2. The number of hydrogen-bond acceptors (Lipinski definition) is 4. The Labute approximate surface area is 172 Å². The molecule has 144 valence electrons. The molecule has 4 rings (SSSR count). The van der Waals surface area contributed by atoms with Gasteiger partial charge >= 0.3 is 0 Å². The predicted octanol–water partition coefficient (Wildman–Crippen LogP) is 4.71. The molecule has 0 radical (unpaired) electrons. The van der Waals surface area contributed by atoms with E-state index in [1.54, 1.807) is 24.3 Å². The number of benzene rings is 3. The first-order valence-electron chi connectivity index (χ1n) is 9.19. The van der Waals surface area contributed by atoms with Crippen LogP contribution < -0.4 is 10.6 Å². The molecule has 0 saturated heterocycles. The maximum absolute atomic E-state index is 13.1. The van der Waals surface area contributed by atoms with Crippen LogP contribution in [0.3, 0.4) is 0 Å². The van der Waals surface area contributed by atoms with Gasteiger partial charge in [0.25, 0.3) is 11.8 Å². The lowest BCUT2D eigenvalue weighted by Crippen LogP contribution is -2.37. The highest BCUT2D eigenvalue weighted by Gasteiger charge is 2.24. The quantitative estimate of drug-likeness (QED) is 0.509. The Morgan fingerprint density at radius 2 is 1.62 bits per heavy atom. The Morgan fingerprint density at radius 3 is 2.34 bits per heavy atom. The molecule has 4 aromatic rings. The molecular formula is C23H19N3O2S. The lowest BCUT2D eigenvalue weighted by atomic mass is 10.1. The topological polar surface area (TPSA) is 71.1 Å². The summed E-state index contributed by atoms with van der Waals surface area (Å²) in [6.07, 6.45) is 0. The summed E-state index contributed by atoms with van der Waals surface area (Å²) < 4.78 is 1.00. The van der Waals surface area contributed by atoms with E-state index < -0.39 is 6.04 Å². The molecule has 0 saturated carbocycles. The third kappa shape index (κ3) is 4.33. The standard InChI is InChI=1S/C23H19N3O2S/c1-15-12-13-18-19(14-15)29-23(24-18)26-22(28)20(16-8-4-2-5-9-16)25-21(27)17-10-6-3-7-11-17/h2-14,20H,1H3,(H,25,27)(H,24,26,28). The summed E-state index contributed by atoms with van der Waals surface area (Å²) in [6, 6.07) is 23.1. The Hall–Kier alpha value is -3.51. The van der Waals surface area contributed by atoms with Gasteiger partial charge in [0.2, 0.25) is 0 Å². The van der Waals surface area contributed by atoms with Crippen molar-refractivity contribution in [2.45, 2.75) is 13.0 Å². The van der Waals surface area contributed by atoms with Gasteiger partial charge in [-0.05, 0) is 42.3 Å². The number of carbonyl (C=O) groups excluding carboxylic acids is 2. The number of aromatic nitrogens is 1. The van der Waals surface area contributed by atoms with E-state index in [2.05, 4.69) is 15.6 Å². The van der Waals surface area contributed by atoms with Crippen molar-refractivity contribution in [3.05, 3.63) is 95.6 Å². The molecule has 2 amide bonds. The van der Waals surface area contributed by atoms with Crippen LogP contribution >= 0.6 is 11.3 Å². The Morgan fingerprint density at radius 1 is 0.931 bits per heavy atom. The molecule has 1 aromatic heterocycles. The first-order valence-corrected chi connectivity index (χ1v) is 10.0. The maximum Gasteiger partial charge on any atom is 0.253 e. The third-order valence-corrected chi connectivity index (χ3v) is 5.41. The van der Waals surface area contributed by atoms with Crippen LogP contribution in [-0.4, -0.2) is 16.8 Å². The van der Waals surface area contributed by atoms with Crippen LogP contribution in [0.4, 0.5) is 5.13 Å². The van der Waals surface area contributed by atoms with Crippen molar-refractivity contribution < 1.29 is 9.59 Å². The van der Waals surface area contributed by atoms with Crippen molar-refractivity contribution in [3.63, 3.8) is 0 Å². The van der Waals surface area contributed by atoms with Crippen LogP contribution in [0.5, 0.6) is 0 Å². The number of anilines is 1. The summed E-state index contributed by atoms with van der Waals surface area (Å²) in [6.45, 7) is 2.02. The molecule has 1 atom stereocenters. The van der Waals surface area contributed by atoms with Gasteiger partial charge in [-0.2, -0.15) is 0 Å². The van der Waals surface area contributed by atoms with E-state index in [1.165, 1.54) is 11.3 Å². The number of thiazole rings is 1. The molecule has 29 heavy (non-hydrogen) atoms. The van der Waals surface area contributed by atoms with Crippen LogP contribution in [0.2, 0.25) is 0 Å². The highest BCUT2D eigenvalue weighted by atomic mass is 32.1. The normalized spacial score (nSPS) is 11.8. The van der Waals surface area contributed by atoms with Gasteiger partial charge in [-0.15, -0.1) is 0 Å². The summed E-state index contributed by atoms with van der Waals surface area (Å²) >= 11 is 1.41. The molecular weight excluding hydrogens is 382 g/mol. The highest BCUT2D eigenvalue weighted by Crippen LogP contribution is 2.27. The van der Waals surface area contributed by atoms with Crippen LogP contribution in [0.15, 0.2) is 78.9 Å². The number of aryl methyl sites for hydroxylation is 1. The highest BCUT2D eigenvalue weighted by molar-refractivity contribution is 7.22. The monoisotopic (exact) mass is 401 g/mol. The first-order chi connectivity index (χ1) is 14.1. The van der Waals surface area contributed by atoms with Crippen molar-refractivity contribution in [1.29, 1.82) is 0 Å². The molecule has 1 heterocycles. The summed E-state index contributed by atoms with van der Waals surface area (Å²) in [5.74, 6) is -0.647. The number of rotatable bonds is 5. The minimum atomic E-state index is -0.836. The molecule has 0 aliphatic rings. The number of amides is 2. The molecule has 1 unspecified atom stereocenters. The van der Waals surface area contributed by atoms with E-state index in [0.29, 0.717) is 16.3 Å². The molecule has 5 nitrogen and oxygen atoms in total. The van der Waals surface area contributed by atoms with Gasteiger partial charge in [0.05, 0.1) is 10.2 Å². The van der Waals surface area contributed by atoms with Crippen molar-refractivity contribution in [2.75, 3.05) is 5.32 Å². The van der Waals surface area contributed by atoms with Crippen LogP contribution in [0.25, 0.3) is 10.2 Å². The third-order valence-electron chi connectivity index (χ3n) is 4.48. The fourth-order valence-electron chi connectivity index (χ4n) is 3.01. The summed E-state index contributed by atoms with van der Waals surface area (Å²) in [7, 11) is 0. The second-order valence-electron chi connectivity index (χ2n) is 6.66. The smallest absolute Gasteiger partial charge is 0.253 e. The second-order valence-corrected chi connectivity index (χ2v) is 7.69. The van der Waals surface area contributed by atoms with Crippen LogP contribution in [0, 0.1) is 6.92 Å². The van der Waals surface area contributed by atoms with Gasteiger partial charge in [-0.25, -0.2) is 4.98 Å². The Bertz CT molecular complexity index is 1160. The number of fused-ring (bicyclic) bond motifs is 1. The van der Waals surface area contributed by atoms with E-state index in [9.17, 15) is 9.59 Å². The summed E-state index contributed by atoms with van der Waals surface area (Å²) in [5.41, 5.74) is 3.17. The number of nitrogens with one attached hydrogen (secondary N) is 2. The summed E-state index contributed by atoms with van der Waals surface area (Å²) in [5, 5.41) is 6.20. The molecule has 0 spiro atoms. The lowest BCUT2D eigenvalue weighted by molar-refractivity contribution is -0.118. The van der Waals surface area contributed by atoms with Gasteiger partial charge in [0, 0.05) is 5.56 Å². The molecule has 6 heteroatoms. The zero-order chi connectivity index (χ0) is 20.2. The van der Waals surface area contributed by atoms with Gasteiger partial charge < -0.3 is 5.32 Å². The predicted molar refractivity (Wildman–Crippen MR) is 116 cm³/mol. The van der Waals surface area contributed by atoms with E-state index in [4.69, 9.17) is 0 Å². The fraction of sp³-hybridized carbons (Fsp3) is 0.0870. The van der Waals surface area contributed by atoms with Gasteiger partial charge in [0.1, 0.15) is 6.04 Å². The largest absolute Gasteiger partial charge is 0.336 e. The van der Waals surface area contributed by atoms with Crippen molar-refractivity contribution in [1.82, 2.24) is 10.3 Å². The molecule has 2 N–H and O–H groups in total. The van der Waals surface area contributed by atoms with E-state index >= 15 is 0 Å². The molecule has 0 fully saturated rings. The number of nitrogens with zero attached hydrogens (tertiary/aromatic N) is 1. The van der Waals surface area contributed by atoms with Crippen molar-refractivity contribution in [2.24, 2.45) is 0 Å². The van der Waals surface area contributed by atoms with Crippen LogP contribution in [-0.2, 0) is 4.79 Å². The Balaban J connectivity index is 1.59. The average Bonchev–Trinajstić information content (AvgIpc) is 3.14. The second kappa shape index (κ2) is 8.24. The van der Waals surface area contributed by atoms with E-state index in [-0.39, 0.29) is 11.8 Å². The van der Waals surface area contributed by atoms with E-state index in [0.717, 1.165) is 15.8 Å². The van der Waals surface area contributed by atoms with E-state index in [1.807, 2.05) is 61.5 Å². The Kier molecular flexibility index (Phi) is 5.35. The SMILES string of the molecule is Cc1ccc2nc(NC(=O)C(NC(=O)c3ccccc3)c3ccccc3)sc2c1. The minimum Gasteiger partial charge on any atom is -0.336 e. The molecule has 0 bridgehead atoms. The molecule has 0 aliphatic heterocycles. The van der Waals surface area contributed by atoms with Crippen molar-refractivity contribution >= 4 is 38.5 Å². The maximum atomic E-state index is 13.1. The zero-order valence-corrected chi connectivity index (χ0v) is 16.6. The zero-order valence-electron chi connectivity index (χ0n) is 15.8. The van der Waals surface area contributed by atoms with Crippen LogP contribution in [0.1, 0.15) is 27.5 Å². The molecule has 3 aromatic carbocycles. The minimum absolute atomic E-state index is 0.311. The van der Waals surface area contributed by atoms with Gasteiger partial charge in [0.15, 0.2) is 5.13 Å². The average molecular weight is 401 g/mol. The molecule has 0 aliphatic carbocycles. The first kappa shape index (κ1) is 18.8. The van der Waals surface area contributed by atoms with Crippen molar-refractivity contribution in [3.8, 4) is 0 Å². The fourth-order valence-corrected chi connectivity index (χ4v) is 3.98. The van der Waals surface area contributed by atoms with Gasteiger partial charge in [-0.1, -0.05) is 65.9 Å². The van der Waals surface area contributed by atoms with Gasteiger partial charge in [-0.3, -0.25) is 14.9 Å². The number of hydrogen-bond donors (Lipinski definition) is 2. The lowest BCUT2D eigenvalue weighted by Gasteiger charge is -2.18.